The molecule has 0 saturated heterocycles. The van der Waals surface area contributed by atoms with Crippen LogP contribution < -0.4 is 0 Å². The lowest BCUT2D eigenvalue weighted by Crippen LogP contribution is -2.49. The van der Waals surface area contributed by atoms with Crippen molar-refractivity contribution in [1.82, 2.24) is 0 Å². The summed E-state index contributed by atoms with van der Waals surface area (Å²) in [6.07, 6.45) is 4.18. The van der Waals surface area contributed by atoms with Crippen LogP contribution in [0.25, 0.3) is 0 Å². The van der Waals surface area contributed by atoms with Gasteiger partial charge in [0.05, 0.1) is 18.1 Å². The Morgan fingerprint density at radius 3 is 2.06 bits per heavy atom. The van der Waals surface area contributed by atoms with Gasteiger partial charge in [-0.1, -0.05) is 20.8 Å². The van der Waals surface area contributed by atoms with Crippen molar-refractivity contribution in [2.24, 2.45) is 16.7 Å². The van der Waals surface area contributed by atoms with Crippen LogP contribution in [0.1, 0.15) is 52.9 Å². The average molecular weight is 240 g/mol. The molecule has 1 N–H and O–H groups in total. The second-order valence-electron chi connectivity index (χ2n) is 6.76. The fourth-order valence-electron chi connectivity index (χ4n) is 3.52. The molecule has 0 amide bonds. The molecule has 17 heavy (non-hydrogen) atoms. The fraction of sp³-hybridized carbons (Fsp3) is 0.929. The van der Waals surface area contributed by atoms with E-state index in [4.69, 9.17) is 4.74 Å². The van der Waals surface area contributed by atoms with Crippen LogP contribution >= 0.6 is 0 Å². The van der Waals surface area contributed by atoms with E-state index in [2.05, 4.69) is 13.8 Å². The first-order valence-corrected chi connectivity index (χ1v) is 6.58. The van der Waals surface area contributed by atoms with Gasteiger partial charge in [0, 0.05) is 0 Å². The van der Waals surface area contributed by atoms with Crippen molar-refractivity contribution < 1.29 is 14.6 Å². The maximum absolute atomic E-state index is 12.0. The summed E-state index contributed by atoms with van der Waals surface area (Å²) in [5.74, 6) is 0.0355. The molecule has 2 aliphatic carbocycles. The number of methoxy groups -OCH3 is 1. The zero-order valence-electron chi connectivity index (χ0n) is 11.4. The quantitative estimate of drug-likeness (QED) is 0.754. The van der Waals surface area contributed by atoms with E-state index in [9.17, 15) is 9.90 Å². The zero-order chi connectivity index (χ0) is 12.9. The van der Waals surface area contributed by atoms with Crippen LogP contribution in [-0.4, -0.2) is 23.8 Å². The van der Waals surface area contributed by atoms with Gasteiger partial charge in [0.1, 0.15) is 0 Å². The summed E-state index contributed by atoms with van der Waals surface area (Å²) in [4.78, 5) is 12.0. The standard InChI is InChI=1S/C14H24O3/c1-10-9-14(10,11(15)17-4)13(16)7-5-12(2,3)6-8-13/h10,16H,5-9H2,1-4H3. The summed E-state index contributed by atoms with van der Waals surface area (Å²) >= 11 is 0. The summed E-state index contributed by atoms with van der Waals surface area (Å²) in [5.41, 5.74) is -1.16. The number of aliphatic hydroxyl groups is 1. The van der Waals surface area contributed by atoms with Crippen molar-refractivity contribution in [3.63, 3.8) is 0 Å². The third-order valence-electron chi connectivity index (χ3n) is 5.12. The monoisotopic (exact) mass is 240 g/mol. The van der Waals surface area contributed by atoms with Crippen molar-refractivity contribution in [2.75, 3.05) is 7.11 Å². The third kappa shape index (κ3) is 1.79. The Hall–Kier alpha value is -0.570. The van der Waals surface area contributed by atoms with Gasteiger partial charge >= 0.3 is 5.97 Å². The molecular weight excluding hydrogens is 216 g/mol. The minimum absolute atomic E-state index is 0.216. The minimum Gasteiger partial charge on any atom is -0.468 e. The predicted molar refractivity (Wildman–Crippen MR) is 65.4 cm³/mol. The molecule has 0 heterocycles. The fourth-order valence-corrected chi connectivity index (χ4v) is 3.52. The second-order valence-corrected chi connectivity index (χ2v) is 6.76. The highest BCUT2D eigenvalue weighted by molar-refractivity contribution is 5.82. The molecule has 0 spiro atoms. The van der Waals surface area contributed by atoms with Crippen molar-refractivity contribution in [3.8, 4) is 0 Å². The van der Waals surface area contributed by atoms with Crippen LogP contribution in [0, 0.1) is 16.7 Å². The number of carbonyl (C=O) groups is 1. The Balaban J connectivity index is 2.19. The van der Waals surface area contributed by atoms with Gasteiger partial charge in [0.15, 0.2) is 0 Å². The van der Waals surface area contributed by atoms with Gasteiger partial charge in [-0.2, -0.15) is 0 Å². The molecule has 0 aromatic rings. The molecule has 0 bridgehead atoms. The van der Waals surface area contributed by atoms with E-state index in [1.54, 1.807) is 0 Å². The molecule has 2 saturated carbocycles. The zero-order valence-corrected chi connectivity index (χ0v) is 11.4. The van der Waals surface area contributed by atoms with Gasteiger partial charge in [-0.15, -0.1) is 0 Å². The van der Waals surface area contributed by atoms with Gasteiger partial charge in [0.2, 0.25) is 0 Å². The number of ether oxygens (including phenoxy) is 1. The van der Waals surface area contributed by atoms with Crippen molar-refractivity contribution in [1.29, 1.82) is 0 Å². The Labute approximate surface area is 104 Å². The highest BCUT2D eigenvalue weighted by atomic mass is 16.5. The van der Waals surface area contributed by atoms with Gasteiger partial charge in [0.25, 0.3) is 0 Å². The smallest absolute Gasteiger partial charge is 0.315 e. The molecule has 0 aliphatic heterocycles. The van der Waals surface area contributed by atoms with E-state index in [1.807, 2.05) is 6.92 Å². The van der Waals surface area contributed by atoms with E-state index in [0.29, 0.717) is 5.41 Å². The van der Waals surface area contributed by atoms with E-state index >= 15 is 0 Å². The SMILES string of the molecule is COC(=O)C1(C2(O)CCC(C)(C)CC2)CC1C. The molecule has 2 atom stereocenters. The minimum atomic E-state index is -0.838. The first-order chi connectivity index (χ1) is 7.77. The van der Waals surface area contributed by atoms with Crippen molar-refractivity contribution in [2.45, 2.75) is 58.5 Å². The van der Waals surface area contributed by atoms with Crippen LogP contribution in [-0.2, 0) is 9.53 Å². The highest BCUT2D eigenvalue weighted by Crippen LogP contribution is 2.64. The molecule has 2 fully saturated rings. The summed E-state index contributed by atoms with van der Waals surface area (Å²) in [5, 5.41) is 10.9. The Kier molecular flexibility index (Phi) is 2.81. The number of rotatable bonds is 2. The molecule has 2 unspecified atom stereocenters. The van der Waals surface area contributed by atoms with Crippen LogP contribution in [0.4, 0.5) is 0 Å². The van der Waals surface area contributed by atoms with Crippen LogP contribution in [0.5, 0.6) is 0 Å². The number of esters is 1. The van der Waals surface area contributed by atoms with E-state index in [1.165, 1.54) is 7.11 Å². The van der Waals surface area contributed by atoms with E-state index in [0.717, 1.165) is 32.1 Å². The van der Waals surface area contributed by atoms with Gasteiger partial charge in [-0.3, -0.25) is 4.79 Å². The Morgan fingerprint density at radius 2 is 1.71 bits per heavy atom. The van der Waals surface area contributed by atoms with Crippen LogP contribution in [0.15, 0.2) is 0 Å². The second kappa shape index (κ2) is 3.71. The predicted octanol–water partition coefficient (Wildman–Crippen LogP) is 2.52. The topological polar surface area (TPSA) is 46.5 Å². The summed E-state index contributed by atoms with van der Waals surface area (Å²) in [6.45, 7) is 6.50. The van der Waals surface area contributed by atoms with Crippen molar-refractivity contribution >= 4 is 5.97 Å². The number of carbonyl (C=O) groups excluding carboxylic acids is 1. The number of hydrogen-bond donors (Lipinski definition) is 1. The molecule has 0 aromatic heterocycles. The molecule has 0 aromatic carbocycles. The Bertz CT molecular complexity index is 324. The normalized spacial score (nSPS) is 38.5. The summed E-state index contributed by atoms with van der Waals surface area (Å²) < 4.78 is 4.92. The highest BCUT2D eigenvalue weighted by Gasteiger charge is 2.70. The molecule has 2 aliphatic rings. The van der Waals surface area contributed by atoms with Gasteiger partial charge in [-0.25, -0.2) is 0 Å². The third-order valence-corrected chi connectivity index (χ3v) is 5.12. The summed E-state index contributed by atoms with van der Waals surface area (Å²) in [6, 6.07) is 0. The van der Waals surface area contributed by atoms with Crippen LogP contribution in [0.3, 0.4) is 0 Å². The molecule has 2 rings (SSSR count). The lowest BCUT2D eigenvalue weighted by atomic mass is 9.65. The molecular formula is C14H24O3. The molecule has 3 heteroatoms. The maximum atomic E-state index is 12.0. The average Bonchev–Trinajstić information content (AvgIpc) is 2.96. The van der Waals surface area contributed by atoms with Gasteiger partial charge < -0.3 is 9.84 Å². The van der Waals surface area contributed by atoms with Gasteiger partial charge in [-0.05, 0) is 43.4 Å². The lowest BCUT2D eigenvalue weighted by Gasteiger charge is -2.44. The first-order valence-electron chi connectivity index (χ1n) is 6.58. The number of hydrogen-bond acceptors (Lipinski definition) is 3. The maximum Gasteiger partial charge on any atom is 0.315 e. The van der Waals surface area contributed by atoms with Crippen LogP contribution in [0.2, 0.25) is 0 Å². The molecule has 98 valence electrons. The van der Waals surface area contributed by atoms with E-state index in [-0.39, 0.29) is 11.9 Å². The lowest BCUT2D eigenvalue weighted by molar-refractivity contribution is -0.167. The molecule has 0 radical (unpaired) electrons. The first kappa shape index (κ1) is 12.9. The van der Waals surface area contributed by atoms with Crippen molar-refractivity contribution in [3.05, 3.63) is 0 Å². The molecule has 3 nitrogen and oxygen atoms in total. The largest absolute Gasteiger partial charge is 0.468 e. The van der Waals surface area contributed by atoms with E-state index < -0.39 is 11.0 Å². The Morgan fingerprint density at radius 1 is 1.24 bits per heavy atom. The summed E-state index contributed by atoms with van der Waals surface area (Å²) in [7, 11) is 1.42.